The zero-order chi connectivity index (χ0) is 9.26. The molecule has 3 heteroatoms. The lowest BCUT2D eigenvalue weighted by Gasteiger charge is -2.03. The molecule has 2 N–H and O–H groups in total. The van der Waals surface area contributed by atoms with E-state index in [-0.39, 0.29) is 0 Å². The predicted molar refractivity (Wildman–Crippen MR) is 57.1 cm³/mol. The van der Waals surface area contributed by atoms with Gasteiger partial charge in [-0.1, -0.05) is 6.07 Å². The molecule has 0 aliphatic carbocycles. The van der Waals surface area contributed by atoms with Gasteiger partial charge in [0.25, 0.3) is 0 Å². The molecule has 1 aromatic heterocycles. The van der Waals surface area contributed by atoms with E-state index in [2.05, 4.69) is 24.0 Å². The maximum absolute atomic E-state index is 5.53. The maximum atomic E-state index is 5.53. The number of hydrogen-bond donors (Lipinski definition) is 1. The molecule has 0 unspecified atom stereocenters. The molecule has 0 fully saturated rings. The van der Waals surface area contributed by atoms with Crippen LogP contribution in [0.2, 0.25) is 0 Å². The Morgan fingerprint density at radius 1 is 1.46 bits per heavy atom. The van der Waals surface area contributed by atoms with E-state index in [0.29, 0.717) is 6.54 Å². The summed E-state index contributed by atoms with van der Waals surface area (Å²) < 4.78 is 1.26. The second-order valence-corrected chi connectivity index (χ2v) is 3.97. The standard InChI is InChI=1S/C10H12N2S/c1-7-8(4-5-11)2-3-9-10(7)12-6-13-9/h2-3,6H,4-5,11H2,1H3. The van der Waals surface area contributed by atoms with Gasteiger partial charge in [-0.15, -0.1) is 11.3 Å². The summed E-state index contributed by atoms with van der Waals surface area (Å²) in [6.45, 7) is 2.82. The number of aromatic nitrogens is 1. The minimum absolute atomic E-state index is 0.705. The Morgan fingerprint density at radius 3 is 3.08 bits per heavy atom. The van der Waals surface area contributed by atoms with Crippen molar-refractivity contribution >= 4 is 21.6 Å². The van der Waals surface area contributed by atoms with Crippen LogP contribution in [0.1, 0.15) is 11.1 Å². The molecule has 0 radical (unpaired) electrons. The van der Waals surface area contributed by atoms with Crippen LogP contribution in [-0.4, -0.2) is 11.5 Å². The van der Waals surface area contributed by atoms with Gasteiger partial charge in [0.05, 0.1) is 15.7 Å². The van der Waals surface area contributed by atoms with Gasteiger partial charge in [0.2, 0.25) is 0 Å². The van der Waals surface area contributed by atoms with Crippen molar-refractivity contribution in [2.75, 3.05) is 6.54 Å². The summed E-state index contributed by atoms with van der Waals surface area (Å²) in [6, 6.07) is 4.29. The minimum atomic E-state index is 0.705. The third-order valence-corrected chi connectivity index (χ3v) is 3.08. The highest BCUT2D eigenvalue weighted by atomic mass is 32.1. The Bertz CT molecular complexity index is 420. The van der Waals surface area contributed by atoms with Crippen LogP contribution in [0.25, 0.3) is 10.2 Å². The molecular formula is C10H12N2S. The topological polar surface area (TPSA) is 38.9 Å². The summed E-state index contributed by atoms with van der Waals surface area (Å²) in [7, 11) is 0. The van der Waals surface area contributed by atoms with Crippen molar-refractivity contribution < 1.29 is 0 Å². The molecule has 0 saturated heterocycles. The Morgan fingerprint density at radius 2 is 2.31 bits per heavy atom. The number of benzene rings is 1. The van der Waals surface area contributed by atoms with Crippen LogP contribution in [-0.2, 0) is 6.42 Å². The Balaban J connectivity index is 2.59. The molecule has 0 amide bonds. The lowest BCUT2D eigenvalue weighted by Crippen LogP contribution is -2.04. The summed E-state index contributed by atoms with van der Waals surface area (Å²) in [5, 5.41) is 0. The third-order valence-electron chi connectivity index (χ3n) is 2.28. The van der Waals surface area contributed by atoms with E-state index in [1.54, 1.807) is 11.3 Å². The van der Waals surface area contributed by atoms with Crippen molar-refractivity contribution in [1.29, 1.82) is 0 Å². The van der Waals surface area contributed by atoms with Crippen LogP contribution in [0.4, 0.5) is 0 Å². The maximum Gasteiger partial charge on any atom is 0.0843 e. The van der Waals surface area contributed by atoms with Crippen molar-refractivity contribution in [1.82, 2.24) is 4.98 Å². The van der Waals surface area contributed by atoms with Crippen LogP contribution in [0.5, 0.6) is 0 Å². The van der Waals surface area contributed by atoms with E-state index in [1.807, 2.05) is 5.51 Å². The van der Waals surface area contributed by atoms with Crippen molar-refractivity contribution in [3.8, 4) is 0 Å². The fourth-order valence-electron chi connectivity index (χ4n) is 1.53. The highest BCUT2D eigenvalue weighted by molar-refractivity contribution is 7.16. The first-order valence-corrected chi connectivity index (χ1v) is 5.22. The van der Waals surface area contributed by atoms with E-state index in [4.69, 9.17) is 5.73 Å². The lowest BCUT2D eigenvalue weighted by atomic mass is 10.1. The van der Waals surface area contributed by atoms with Crippen molar-refractivity contribution in [2.24, 2.45) is 5.73 Å². The van der Waals surface area contributed by atoms with Gasteiger partial charge in [0.1, 0.15) is 0 Å². The average Bonchev–Trinajstić information content (AvgIpc) is 2.58. The highest BCUT2D eigenvalue weighted by Gasteiger charge is 2.04. The van der Waals surface area contributed by atoms with Crippen molar-refractivity contribution in [3.63, 3.8) is 0 Å². The molecule has 0 spiro atoms. The number of nitrogens with two attached hydrogens (primary N) is 1. The first kappa shape index (κ1) is 8.66. The first-order chi connectivity index (χ1) is 6.33. The summed E-state index contributed by atoms with van der Waals surface area (Å²) in [5.74, 6) is 0. The van der Waals surface area contributed by atoms with E-state index in [9.17, 15) is 0 Å². The molecule has 0 aliphatic rings. The predicted octanol–water partition coefficient (Wildman–Crippen LogP) is 2.11. The molecule has 0 aliphatic heterocycles. The van der Waals surface area contributed by atoms with Crippen molar-refractivity contribution in [2.45, 2.75) is 13.3 Å². The molecular weight excluding hydrogens is 180 g/mol. The summed E-state index contributed by atoms with van der Waals surface area (Å²) in [6.07, 6.45) is 0.944. The Labute approximate surface area is 81.4 Å². The zero-order valence-corrected chi connectivity index (χ0v) is 8.40. The second kappa shape index (κ2) is 3.44. The molecule has 0 atom stereocenters. The van der Waals surface area contributed by atoms with Gasteiger partial charge in [0, 0.05) is 0 Å². The number of aryl methyl sites for hydroxylation is 1. The van der Waals surface area contributed by atoms with Gasteiger partial charge in [-0.3, -0.25) is 0 Å². The second-order valence-electron chi connectivity index (χ2n) is 3.09. The molecule has 68 valence electrons. The highest BCUT2D eigenvalue weighted by Crippen LogP contribution is 2.23. The molecule has 13 heavy (non-hydrogen) atoms. The minimum Gasteiger partial charge on any atom is -0.330 e. The van der Waals surface area contributed by atoms with Gasteiger partial charge in [-0.05, 0) is 37.1 Å². The van der Waals surface area contributed by atoms with E-state index < -0.39 is 0 Å². The SMILES string of the molecule is Cc1c(CCN)ccc2scnc12. The number of fused-ring (bicyclic) bond motifs is 1. The van der Waals surface area contributed by atoms with E-state index in [0.717, 1.165) is 11.9 Å². The van der Waals surface area contributed by atoms with E-state index >= 15 is 0 Å². The molecule has 0 bridgehead atoms. The Kier molecular flexibility index (Phi) is 2.29. The quantitative estimate of drug-likeness (QED) is 0.791. The third kappa shape index (κ3) is 1.45. The van der Waals surface area contributed by atoms with Crippen LogP contribution >= 0.6 is 11.3 Å². The molecule has 2 nitrogen and oxygen atoms in total. The van der Waals surface area contributed by atoms with Gasteiger partial charge in [0.15, 0.2) is 0 Å². The molecule has 0 saturated carbocycles. The summed E-state index contributed by atoms with van der Waals surface area (Å²) in [4.78, 5) is 4.34. The van der Waals surface area contributed by atoms with Gasteiger partial charge < -0.3 is 5.73 Å². The molecule has 2 aromatic rings. The van der Waals surface area contributed by atoms with Crippen LogP contribution in [0, 0.1) is 6.92 Å². The average molecular weight is 192 g/mol. The number of rotatable bonds is 2. The zero-order valence-electron chi connectivity index (χ0n) is 7.58. The summed E-state index contributed by atoms with van der Waals surface area (Å²) in [5.41, 5.74) is 11.2. The normalized spacial score (nSPS) is 10.9. The number of nitrogens with zero attached hydrogens (tertiary/aromatic N) is 1. The number of thiazole rings is 1. The van der Waals surface area contributed by atoms with E-state index in [1.165, 1.54) is 15.8 Å². The monoisotopic (exact) mass is 192 g/mol. The van der Waals surface area contributed by atoms with Gasteiger partial charge in [-0.25, -0.2) is 4.98 Å². The van der Waals surface area contributed by atoms with Crippen LogP contribution in [0.3, 0.4) is 0 Å². The van der Waals surface area contributed by atoms with Crippen molar-refractivity contribution in [3.05, 3.63) is 28.8 Å². The first-order valence-electron chi connectivity index (χ1n) is 4.34. The molecule has 1 heterocycles. The van der Waals surface area contributed by atoms with Gasteiger partial charge >= 0.3 is 0 Å². The molecule has 1 aromatic carbocycles. The van der Waals surface area contributed by atoms with Crippen LogP contribution in [0.15, 0.2) is 17.6 Å². The lowest BCUT2D eigenvalue weighted by molar-refractivity contribution is 0.960. The fourth-order valence-corrected chi connectivity index (χ4v) is 2.27. The molecule has 2 rings (SSSR count). The van der Waals surface area contributed by atoms with Gasteiger partial charge in [-0.2, -0.15) is 0 Å². The smallest absolute Gasteiger partial charge is 0.0843 e. The number of hydrogen-bond acceptors (Lipinski definition) is 3. The summed E-state index contributed by atoms with van der Waals surface area (Å²) >= 11 is 1.69. The Hall–Kier alpha value is -0.930. The fraction of sp³-hybridized carbons (Fsp3) is 0.300. The largest absolute Gasteiger partial charge is 0.330 e. The van der Waals surface area contributed by atoms with Crippen LogP contribution < -0.4 is 5.73 Å².